The van der Waals surface area contributed by atoms with Gasteiger partial charge in [0, 0.05) is 6.07 Å². The molecule has 18 heavy (non-hydrogen) atoms. The highest BCUT2D eigenvalue weighted by molar-refractivity contribution is 5.65. The topological polar surface area (TPSA) is 57.4 Å². The molecule has 2 aromatic heterocycles. The molecule has 0 radical (unpaired) electrons. The molecule has 88 valence electrons. The molecule has 0 N–H and O–H groups in total. The first-order valence-corrected chi connectivity index (χ1v) is 5.47. The Morgan fingerprint density at radius 2 is 1.72 bits per heavy atom. The monoisotopic (exact) mass is 239 g/mol. The lowest BCUT2D eigenvalue weighted by atomic mass is 10.1. The van der Waals surface area contributed by atoms with Gasteiger partial charge in [0.2, 0.25) is 0 Å². The van der Waals surface area contributed by atoms with Gasteiger partial charge in [-0.15, -0.1) is 4.40 Å². The van der Waals surface area contributed by atoms with Gasteiger partial charge < -0.3 is 9.52 Å². The Hall–Kier alpha value is -2.62. The average Bonchev–Trinajstić information content (AvgIpc) is 2.40. The molecule has 4 nitrogen and oxygen atoms in total. The molecule has 3 aromatic rings. The van der Waals surface area contributed by atoms with Gasteiger partial charge in [0.1, 0.15) is 5.56 Å². The van der Waals surface area contributed by atoms with E-state index < -0.39 is 5.63 Å². The second-order valence-electron chi connectivity index (χ2n) is 3.84. The Labute approximate surface area is 102 Å². The predicted octanol–water partition coefficient (Wildman–Crippen LogP) is 1.12. The first-order valence-electron chi connectivity index (χ1n) is 5.47. The highest BCUT2D eigenvalue weighted by Crippen LogP contribution is 2.20. The maximum absolute atomic E-state index is 12.3. The van der Waals surface area contributed by atoms with E-state index >= 15 is 0 Å². The van der Waals surface area contributed by atoms with E-state index in [4.69, 9.17) is 4.42 Å². The SMILES string of the molecule is O=c1oc2cccc[n+]2c([O-])c1-c1ccccc1. The first-order chi connectivity index (χ1) is 8.77. The summed E-state index contributed by atoms with van der Waals surface area (Å²) in [6.07, 6.45) is 1.58. The fourth-order valence-corrected chi connectivity index (χ4v) is 1.88. The molecular weight excluding hydrogens is 230 g/mol. The Kier molecular flexibility index (Phi) is 2.34. The summed E-state index contributed by atoms with van der Waals surface area (Å²) in [6, 6.07) is 13.8. The Bertz CT molecular complexity index is 763. The summed E-state index contributed by atoms with van der Waals surface area (Å²) in [5.74, 6) is -0.368. The third kappa shape index (κ3) is 1.55. The highest BCUT2D eigenvalue weighted by Gasteiger charge is 2.16. The molecule has 0 aliphatic heterocycles. The second-order valence-corrected chi connectivity index (χ2v) is 3.84. The molecule has 0 aliphatic rings. The lowest BCUT2D eigenvalue weighted by Crippen LogP contribution is -2.30. The lowest BCUT2D eigenvalue weighted by molar-refractivity contribution is -0.591. The Morgan fingerprint density at radius 1 is 1.00 bits per heavy atom. The van der Waals surface area contributed by atoms with Gasteiger partial charge in [-0.2, -0.15) is 0 Å². The molecule has 0 saturated heterocycles. The highest BCUT2D eigenvalue weighted by atomic mass is 16.4. The largest absolute Gasteiger partial charge is 0.822 e. The number of benzene rings is 1. The molecular formula is C14H9NO3. The standard InChI is InChI=1S/C14H9NO3/c16-13-12(10-6-2-1-3-7-10)14(17)18-11-8-4-5-9-15(11)13/h1-9H. The summed E-state index contributed by atoms with van der Waals surface area (Å²) in [6.45, 7) is 0. The van der Waals surface area contributed by atoms with Crippen molar-refractivity contribution in [3.8, 4) is 17.0 Å². The molecule has 2 heterocycles. The van der Waals surface area contributed by atoms with Crippen LogP contribution in [0.2, 0.25) is 0 Å². The third-order valence-electron chi connectivity index (χ3n) is 2.72. The number of pyridine rings is 1. The van der Waals surface area contributed by atoms with Crippen LogP contribution in [0.25, 0.3) is 16.8 Å². The van der Waals surface area contributed by atoms with E-state index in [1.54, 1.807) is 48.7 Å². The van der Waals surface area contributed by atoms with Crippen molar-refractivity contribution in [1.29, 1.82) is 0 Å². The van der Waals surface area contributed by atoms with Crippen molar-refractivity contribution in [2.75, 3.05) is 0 Å². The summed E-state index contributed by atoms with van der Waals surface area (Å²) < 4.78 is 6.46. The molecule has 0 unspecified atom stereocenters. The number of aromatic nitrogens is 1. The smallest absolute Gasteiger partial charge is 0.380 e. The van der Waals surface area contributed by atoms with Crippen molar-refractivity contribution in [2.45, 2.75) is 0 Å². The van der Waals surface area contributed by atoms with E-state index in [1.165, 1.54) is 4.40 Å². The zero-order valence-corrected chi connectivity index (χ0v) is 9.37. The van der Waals surface area contributed by atoms with Crippen LogP contribution >= 0.6 is 0 Å². The normalized spacial score (nSPS) is 10.7. The van der Waals surface area contributed by atoms with Gasteiger partial charge in [0.05, 0.1) is 6.07 Å². The first kappa shape index (κ1) is 10.5. The maximum atomic E-state index is 12.3. The lowest BCUT2D eigenvalue weighted by Gasteiger charge is -2.07. The summed E-state index contributed by atoms with van der Waals surface area (Å²) in [4.78, 5) is 11.9. The quantitative estimate of drug-likeness (QED) is 0.598. The van der Waals surface area contributed by atoms with Crippen LogP contribution in [0, 0.1) is 0 Å². The Morgan fingerprint density at radius 3 is 2.50 bits per heavy atom. The van der Waals surface area contributed by atoms with Gasteiger partial charge in [0.25, 0.3) is 0 Å². The van der Waals surface area contributed by atoms with Crippen LogP contribution in [0.15, 0.2) is 63.9 Å². The fraction of sp³-hybridized carbons (Fsp3) is 0. The van der Waals surface area contributed by atoms with Crippen LogP contribution in [0.4, 0.5) is 0 Å². The molecule has 0 spiro atoms. The maximum Gasteiger partial charge on any atom is 0.380 e. The van der Waals surface area contributed by atoms with Crippen LogP contribution in [0.1, 0.15) is 0 Å². The van der Waals surface area contributed by atoms with Gasteiger partial charge in [-0.1, -0.05) is 30.3 Å². The summed E-state index contributed by atoms with van der Waals surface area (Å²) >= 11 is 0. The van der Waals surface area contributed by atoms with E-state index in [0.29, 0.717) is 5.56 Å². The van der Waals surface area contributed by atoms with Crippen molar-refractivity contribution in [1.82, 2.24) is 0 Å². The minimum Gasteiger partial charge on any atom is -0.822 e. The predicted molar refractivity (Wildman–Crippen MR) is 63.0 cm³/mol. The van der Waals surface area contributed by atoms with Gasteiger partial charge in [-0.3, -0.25) is 0 Å². The van der Waals surface area contributed by atoms with E-state index in [9.17, 15) is 9.90 Å². The summed E-state index contributed by atoms with van der Waals surface area (Å²) in [7, 11) is 0. The number of nitrogens with zero attached hydrogens (tertiary/aromatic N) is 1. The molecule has 0 bridgehead atoms. The van der Waals surface area contributed by atoms with Gasteiger partial charge >= 0.3 is 11.3 Å². The molecule has 0 fully saturated rings. The van der Waals surface area contributed by atoms with Crippen LogP contribution in [-0.4, -0.2) is 0 Å². The fourth-order valence-electron chi connectivity index (χ4n) is 1.88. The van der Waals surface area contributed by atoms with Crippen LogP contribution < -0.4 is 15.1 Å². The van der Waals surface area contributed by atoms with Crippen molar-refractivity contribution in [2.24, 2.45) is 0 Å². The zero-order chi connectivity index (χ0) is 12.5. The average molecular weight is 239 g/mol. The Balaban J connectivity index is 2.41. The summed E-state index contributed by atoms with van der Waals surface area (Å²) in [5.41, 5.74) is 0.249. The number of hydrogen-bond donors (Lipinski definition) is 0. The van der Waals surface area contributed by atoms with Crippen LogP contribution in [0.5, 0.6) is 5.88 Å². The van der Waals surface area contributed by atoms with Crippen molar-refractivity contribution in [3.63, 3.8) is 0 Å². The minimum absolute atomic E-state index is 0.0549. The molecule has 3 rings (SSSR count). The van der Waals surface area contributed by atoms with E-state index in [2.05, 4.69) is 0 Å². The number of hydrogen-bond acceptors (Lipinski definition) is 3. The van der Waals surface area contributed by atoms with Crippen molar-refractivity contribution < 1.29 is 13.9 Å². The second kappa shape index (κ2) is 4.00. The van der Waals surface area contributed by atoms with Gasteiger partial charge in [-0.05, 0) is 11.6 Å². The zero-order valence-electron chi connectivity index (χ0n) is 9.37. The third-order valence-corrected chi connectivity index (χ3v) is 2.72. The molecule has 0 saturated carbocycles. The molecule has 4 heteroatoms. The molecule has 0 aliphatic carbocycles. The molecule has 0 amide bonds. The van der Waals surface area contributed by atoms with Crippen molar-refractivity contribution >= 4 is 5.71 Å². The van der Waals surface area contributed by atoms with E-state index in [-0.39, 0.29) is 17.2 Å². The van der Waals surface area contributed by atoms with E-state index in [0.717, 1.165) is 0 Å². The van der Waals surface area contributed by atoms with Crippen LogP contribution in [0.3, 0.4) is 0 Å². The number of rotatable bonds is 1. The van der Waals surface area contributed by atoms with Crippen LogP contribution in [-0.2, 0) is 0 Å². The van der Waals surface area contributed by atoms with Gasteiger partial charge in [-0.25, -0.2) is 4.79 Å². The molecule has 0 atom stereocenters. The van der Waals surface area contributed by atoms with Gasteiger partial charge in [0.15, 0.2) is 12.1 Å². The van der Waals surface area contributed by atoms with Crippen molar-refractivity contribution in [3.05, 3.63) is 65.1 Å². The number of fused-ring (bicyclic) bond motifs is 1. The minimum atomic E-state index is -0.614. The summed E-state index contributed by atoms with van der Waals surface area (Å²) in [5, 5.41) is 12.3. The van der Waals surface area contributed by atoms with E-state index in [1.807, 2.05) is 6.07 Å². The molecule has 1 aromatic carbocycles.